The Bertz CT molecular complexity index is 1210. The predicted molar refractivity (Wildman–Crippen MR) is 138 cm³/mol. The smallest absolute Gasteiger partial charge is 0.287 e. The molecule has 0 atom stereocenters. The second kappa shape index (κ2) is 11.4. The van der Waals surface area contributed by atoms with Gasteiger partial charge in [-0.25, -0.2) is 5.43 Å². The zero-order chi connectivity index (χ0) is 23.8. The second-order valence-electron chi connectivity index (χ2n) is 7.23. The first-order valence-electron chi connectivity index (χ1n) is 9.97. The van der Waals surface area contributed by atoms with Gasteiger partial charge in [-0.05, 0) is 53.6 Å². The van der Waals surface area contributed by atoms with E-state index >= 15 is 0 Å². The lowest BCUT2D eigenvalue weighted by atomic mass is 10.1. The molecule has 0 fully saturated rings. The summed E-state index contributed by atoms with van der Waals surface area (Å²) in [6.07, 6.45) is 3.10. The van der Waals surface area contributed by atoms with E-state index in [0.717, 1.165) is 21.3 Å². The van der Waals surface area contributed by atoms with Crippen molar-refractivity contribution in [3.63, 3.8) is 0 Å². The van der Waals surface area contributed by atoms with Crippen LogP contribution in [0.1, 0.15) is 21.5 Å². The summed E-state index contributed by atoms with van der Waals surface area (Å²) in [5.41, 5.74) is 5.31. The molecule has 0 heterocycles. The first-order chi connectivity index (χ1) is 15.8. The Balaban J connectivity index is 1.84. The summed E-state index contributed by atoms with van der Waals surface area (Å²) in [5.74, 6) is -1.07. The van der Waals surface area contributed by atoms with Gasteiger partial charge >= 0.3 is 0 Å². The molecule has 6 nitrogen and oxygen atoms in total. The SMILES string of the molecule is CN(C)c1ccc(/C=C(/NC(=O)c2ccccc2Cl)C(=O)N/N=C/c2cccc(Br)c2)cc1. The molecule has 8 heteroatoms. The molecule has 3 aromatic carbocycles. The van der Waals surface area contributed by atoms with E-state index in [0.29, 0.717) is 0 Å². The lowest BCUT2D eigenvalue weighted by Gasteiger charge is -2.13. The number of nitrogens with zero attached hydrogens (tertiary/aromatic N) is 2. The Morgan fingerprint density at radius 3 is 2.36 bits per heavy atom. The Kier molecular flexibility index (Phi) is 8.40. The van der Waals surface area contributed by atoms with Crippen molar-refractivity contribution in [1.29, 1.82) is 0 Å². The Morgan fingerprint density at radius 2 is 1.70 bits per heavy atom. The predicted octanol–water partition coefficient (Wildman–Crippen LogP) is 5.09. The van der Waals surface area contributed by atoms with Gasteiger partial charge in [0.15, 0.2) is 0 Å². The Hall–Kier alpha value is -3.42. The maximum absolute atomic E-state index is 12.9. The molecule has 0 aliphatic carbocycles. The molecular formula is C25H22BrClN4O2. The van der Waals surface area contributed by atoms with E-state index in [2.05, 4.69) is 31.8 Å². The van der Waals surface area contributed by atoms with Crippen molar-refractivity contribution in [1.82, 2.24) is 10.7 Å². The zero-order valence-electron chi connectivity index (χ0n) is 18.0. The van der Waals surface area contributed by atoms with Crippen molar-refractivity contribution in [3.05, 3.63) is 105 Å². The number of hydrazone groups is 1. The molecule has 2 amide bonds. The maximum atomic E-state index is 12.9. The van der Waals surface area contributed by atoms with Gasteiger partial charge in [-0.2, -0.15) is 5.10 Å². The summed E-state index contributed by atoms with van der Waals surface area (Å²) in [4.78, 5) is 27.6. The second-order valence-corrected chi connectivity index (χ2v) is 8.55. The van der Waals surface area contributed by atoms with Crippen LogP contribution in [0.4, 0.5) is 5.69 Å². The number of amides is 2. The van der Waals surface area contributed by atoms with Gasteiger partial charge in [0, 0.05) is 24.3 Å². The monoisotopic (exact) mass is 524 g/mol. The molecule has 0 aliphatic rings. The molecule has 33 heavy (non-hydrogen) atoms. The number of carbonyl (C=O) groups is 2. The minimum Gasteiger partial charge on any atom is -0.378 e. The lowest BCUT2D eigenvalue weighted by molar-refractivity contribution is -0.117. The molecule has 0 saturated carbocycles. The van der Waals surface area contributed by atoms with E-state index < -0.39 is 11.8 Å². The number of rotatable bonds is 7. The van der Waals surface area contributed by atoms with Crippen LogP contribution in [-0.4, -0.2) is 32.1 Å². The molecule has 0 spiro atoms. The Morgan fingerprint density at radius 1 is 0.970 bits per heavy atom. The fraction of sp³-hybridized carbons (Fsp3) is 0.0800. The normalized spacial score (nSPS) is 11.3. The molecule has 0 unspecified atom stereocenters. The van der Waals surface area contributed by atoms with E-state index in [-0.39, 0.29) is 16.3 Å². The van der Waals surface area contributed by atoms with Crippen LogP contribution in [0.2, 0.25) is 5.02 Å². The zero-order valence-corrected chi connectivity index (χ0v) is 20.4. The topological polar surface area (TPSA) is 73.8 Å². The number of halogens is 2. The summed E-state index contributed by atoms with van der Waals surface area (Å²) >= 11 is 9.53. The van der Waals surface area contributed by atoms with Crippen molar-refractivity contribution < 1.29 is 9.59 Å². The average molecular weight is 526 g/mol. The Labute approximate surface area is 206 Å². The van der Waals surface area contributed by atoms with Crippen LogP contribution < -0.4 is 15.6 Å². The third-order valence-electron chi connectivity index (χ3n) is 4.56. The highest BCUT2D eigenvalue weighted by molar-refractivity contribution is 9.10. The number of hydrogen-bond acceptors (Lipinski definition) is 4. The first kappa shape index (κ1) is 24.2. The van der Waals surface area contributed by atoms with Crippen molar-refractivity contribution >= 4 is 57.3 Å². The van der Waals surface area contributed by atoms with Crippen molar-refractivity contribution in [2.75, 3.05) is 19.0 Å². The van der Waals surface area contributed by atoms with Gasteiger partial charge in [0.1, 0.15) is 5.70 Å². The first-order valence-corrected chi connectivity index (χ1v) is 11.1. The largest absolute Gasteiger partial charge is 0.378 e. The van der Waals surface area contributed by atoms with Gasteiger partial charge in [-0.1, -0.05) is 63.9 Å². The number of hydrogen-bond donors (Lipinski definition) is 2. The van der Waals surface area contributed by atoms with Crippen molar-refractivity contribution in [2.24, 2.45) is 5.10 Å². The average Bonchev–Trinajstić information content (AvgIpc) is 2.79. The number of benzene rings is 3. The van der Waals surface area contributed by atoms with Crippen LogP contribution in [0.5, 0.6) is 0 Å². The van der Waals surface area contributed by atoms with Crippen LogP contribution >= 0.6 is 27.5 Å². The number of anilines is 1. The van der Waals surface area contributed by atoms with Gasteiger partial charge in [-0.15, -0.1) is 0 Å². The molecule has 3 aromatic rings. The molecule has 0 bridgehead atoms. The quantitative estimate of drug-likeness (QED) is 0.256. The standard InChI is InChI=1S/C25H22BrClN4O2/c1-31(2)20-12-10-17(11-13-20)15-23(29-24(32)21-8-3-4-9-22(21)27)25(33)30-28-16-18-6-5-7-19(26)14-18/h3-16H,1-2H3,(H,29,32)(H,30,33)/b23-15+,28-16+. The highest BCUT2D eigenvalue weighted by Gasteiger charge is 2.16. The minimum atomic E-state index is -0.571. The fourth-order valence-corrected chi connectivity index (χ4v) is 3.48. The van der Waals surface area contributed by atoms with E-state index in [9.17, 15) is 9.59 Å². The van der Waals surface area contributed by atoms with Crippen LogP contribution in [0, 0.1) is 0 Å². The third kappa shape index (κ3) is 7.03. The molecule has 3 rings (SSSR count). The van der Waals surface area contributed by atoms with E-state index in [1.54, 1.807) is 30.3 Å². The van der Waals surface area contributed by atoms with Crippen LogP contribution in [-0.2, 0) is 4.79 Å². The van der Waals surface area contributed by atoms with Crippen LogP contribution in [0.15, 0.2) is 88.1 Å². The van der Waals surface area contributed by atoms with Gasteiger partial charge in [0.05, 0.1) is 16.8 Å². The molecule has 0 aromatic heterocycles. The van der Waals surface area contributed by atoms with E-state index in [1.807, 2.05) is 67.5 Å². The maximum Gasteiger partial charge on any atom is 0.287 e. The van der Waals surface area contributed by atoms with E-state index in [1.165, 1.54) is 6.21 Å². The van der Waals surface area contributed by atoms with Gasteiger partial charge < -0.3 is 10.2 Å². The fourth-order valence-electron chi connectivity index (χ4n) is 2.84. The molecule has 0 aliphatic heterocycles. The molecule has 0 radical (unpaired) electrons. The van der Waals surface area contributed by atoms with Gasteiger partial charge in [0.25, 0.3) is 11.8 Å². The molecule has 168 valence electrons. The number of carbonyl (C=O) groups excluding carboxylic acids is 2. The van der Waals surface area contributed by atoms with Crippen LogP contribution in [0.3, 0.4) is 0 Å². The summed E-state index contributed by atoms with van der Waals surface area (Å²) in [7, 11) is 3.88. The summed E-state index contributed by atoms with van der Waals surface area (Å²) in [5, 5.41) is 6.95. The highest BCUT2D eigenvalue weighted by Crippen LogP contribution is 2.17. The van der Waals surface area contributed by atoms with Crippen LogP contribution in [0.25, 0.3) is 6.08 Å². The van der Waals surface area contributed by atoms with E-state index in [4.69, 9.17) is 11.6 Å². The number of nitrogens with one attached hydrogen (secondary N) is 2. The minimum absolute atomic E-state index is 0.0314. The van der Waals surface area contributed by atoms with Crippen molar-refractivity contribution in [3.8, 4) is 0 Å². The van der Waals surface area contributed by atoms with Gasteiger partial charge in [-0.3, -0.25) is 9.59 Å². The summed E-state index contributed by atoms with van der Waals surface area (Å²) in [6, 6.07) is 21.6. The summed E-state index contributed by atoms with van der Waals surface area (Å²) in [6.45, 7) is 0. The highest BCUT2D eigenvalue weighted by atomic mass is 79.9. The molecule has 0 saturated heterocycles. The molecule has 2 N–H and O–H groups in total. The van der Waals surface area contributed by atoms with Crippen molar-refractivity contribution in [2.45, 2.75) is 0 Å². The summed E-state index contributed by atoms with van der Waals surface area (Å²) < 4.78 is 0.895. The lowest BCUT2D eigenvalue weighted by Crippen LogP contribution is -2.33. The third-order valence-corrected chi connectivity index (χ3v) is 5.38. The van der Waals surface area contributed by atoms with Gasteiger partial charge in [0.2, 0.25) is 0 Å². The molecular weight excluding hydrogens is 504 g/mol.